The number of phenolic OH excluding ortho intramolecular Hbond substituents is 1. The maximum atomic E-state index is 10.4. The van der Waals surface area contributed by atoms with Crippen LogP contribution in [0.25, 0.3) is 0 Å². The molecule has 27 heavy (non-hydrogen) atoms. The lowest BCUT2D eigenvalue weighted by molar-refractivity contribution is 0.412. The monoisotopic (exact) mass is 420 g/mol. The molecule has 0 aliphatic carbocycles. The molecule has 2 N–H and O–H groups in total. The molecule has 3 nitrogen and oxygen atoms in total. The Kier molecular flexibility index (Phi) is 5.10. The van der Waals surface area contributed by atoms with Crippen molar-refractivity contribution in [2.75, 3.05) is 0 Å². The minimum absolute atomic E-state index is 0.0102. The number of rotatable bonds is 3. The summed E-state index contributed by atoms with van der Waals surface area (Å²) in [5.41, 5.74) is 5.38. The largest absolute Gasteiger partial charge is 0.508 e. The predicted octanol–water partition coefficient (Wildman–Crippen LogP) is 5.69. The summed E-state index contributed by atoms with van der Waals surface area (Å²) in [4.78, 5) is 5.00. The lowest BCUT2D eigenvalue weighted by atomic mass is 9.93. The summed E-state index contributed by atoms with van der Waals surface area (Å²) >= 11 is 3.56. The van der Waals surface area contributed by atoms with Crippen LogP contribution in [0.15, 0.2) is 82.3 Å². The number of aliphatic imine (C=N–C) groups is 1. The van der Waals surface area contributed by atoms with E-state index in [9.17, 15) is 5.11 Å². The van der Waals surface area contributed by atoms with Crippen molar-refractivity contribution >= 4 is 21.6 Å². The van der Waals surface area contributed by atoms with Crippen molar-refractivity contribution in [2.45, 2.75) is 25.6 Å². The fraction of sp³-hybridized carbons (Fsp3) is 0.174. The first kappa shape index (κ1) is 18.0. The summed E-state index contributed by atoms with van der Waals surface area (Å²) < 4.78 is 1.03. The Morgan fingerprint density at radius 3 is 2.52 bits per heavy atom. The molecule has 0 saturated heterocycles. The van der Waals surface area contributed by atoms with Gasteiger partial charge in [-0.3, -0.25) is 10.3 Å². The van der Waals surface area contributed by atoms with Gasteiger partial charge in [0.1, 0.15) is 11.9 Å². The maximum absolute atomic E-state index is 10.4. The Balaban J connectivity index is 1.76. The van der Waals surface area contributed by atoms with Gasteiger partial charge in [-0.25, -0.2) is 0 Å². The molecule has 4 rings (SSSR count). The first-order valence-electron chi connectivity index (χ1n) is 9.03. The van der Waals surface area contributed by atoms with Gasteiger partial charge in [-0.15, -0.1) is 0 Å². The molecule has 3 aromatic rings. The predicted molar refractivity (Wildman–Crippen MR) is 113 cm³/mol. The second-order valence-electron chi connectivity index (χ2n) is 6.88. The van der Waals surface area contributed by atoms with Crippen molar-refractivity contribution in [3.8, 4) is 5.75 Å². The molecule has 1 aliphatic heterocycles. The van der Waals surface area contributed by atoms with Crippen molar-refractivity contribution in [1.82, 2.24) is 5.32 Å². The van der Waals surface area contributed by atoms with Crippen molar-refractivity contribution in [3.63, 3.8) is 0 Å². The molecule has 4 heteroatoms. The van der Waals surface area contributed by atoms with Crippen LogP contribution in [-0.2, 0) is 0 Å². The number of halogens is 1. The van der Waals surface area contributed by atoms with Crippen LogP contribution in [-0.4, -0.2) is 10.8 Å². The number of hydrogen-bond donors (Lipinski definition) is 2. The van der Waals surface area contributed by atoms with Gasteiger partial charge in [0.05, 0.1) is 0 Å². The van der Waals surface area contributed by atoms with Gasteiger partial charge in [0.15, 0.2) is 0 Å². The Labute approximate surface area is 167 Å². The highest BCUT2D eigenvalue weighted by Crippen LogP contribution is 2.34. The number of hydrogen-bond acceptors (Lipinski definition) is 3. The van der Waals surface area contributed by atoms with E-state index in [-0.39, 0.29) is 12.2 Å². The van der Waals surface area contributed by atoms with Gasteiger partial charge in [0.25, 0.3) is 0 Å². The van der Waals surface area contributed by atoms with Crippen LogP contribution in [0.3, 0.4) is 0 Å². The van der Waals surface area contributed by atoms with Gasteiger partial charge in [-0.05, 0) is 36.2 Å². The summed E-state index contributed by atoms with van der Waals surface area (Å²) in [6.07, 6.45) is 0.564. The molecular weight excluding hydrogens is 400 g/mol. The Morgan fingerprint density at radius 2 is 1.78 bits per heavy atom. The zero-order valence-corrected chi connectivity index (χ0v) is 16.6. The molecule has 0 unspecified atom stereocenters. The van der Waals surface area contributed by atoms with E-state index in [1.807, 2.05) is 30.3 Å². The first-order chi connectivity index (χ1) is 13.1. The molecule has 0 saturated carbocycles. The zero-order chi connectivity index (χ0) is 18.8. The van der Waals surface area contributed by atoms with Crippen LogP contribution in [0.2, 0.25) is 0 Å². The number of nitrogens with one attached hydrogen (secondary N) is 1. The van der Waals surface area contributed by atoms with Crippen LogP contribution >= 0.6 is 15.9 Å². The van der Waals surface area contributed by atoms with Crippen LogP contribution in [0.4, 0.5) is 0 Å². The molecule has 0 aromatic heterocycles. The van der Waals surface area contributed by atoms with Crippen LogP contribution < -0.4 is 5.32 Å². The number of para-hydroxylation sites is 1. The van der Waals surface area contributed by atoms with E-state index in [1.165, 1.54) is 5.56 Å². The third kappa shape index (κ3) is 3.97. The summed E-state index contributed by atoms with van der Waals surface area (Å²) in [5, 5.41) is 14.0. The van der Waals surface area contributed by atoms with E-state index >= 15 is 0 Å². The molecule has 0 radical (unpaired) electrons. The molecule has 1 aliphatic rings. The van der Waals surface area contributed by atoms with Crippen molar-refractivity contribution in [3.05, 3.63) is 99.5 Å². The Hall–Kier alpha value is -2.43. The van der Waals surface area contributed by atoms with Crippen molar-refractivity contribution in [1.29, 1.82) is 0 Å². The quantitative estimate of drug-likeness (QED) is 0.571. The molecule has 3 aromatic carbocycles. The van der Waals surface area contributed by atoms with E-state index in [2.05, 4.69) is 64.6 Å². The SMILES string of the molecule is Cc1ccc([C@@H]2N=C(c3cccc(Br)c3)C[C@@H](c3ccccc3O)N2)cc1. The third-order valence-corrected chi connectivity index (χ3v) is 5.40. The normalized spacial score (nSPS) is 19.6. The Bertz CT molecular complexity index is 982. The number of aryl methyl sites for hydroxylation is 1. The van der Waals surface area contributed by atoms with Crippen LogP contribution in [0.5, 0.6) is 5.75 Å². The maximum Gasteiger partial charge on any atom is 0.126 e. The molecular formula is C23H21BrN2O. The van der Waals surface area contributed by atoms with Gasteiger partial charge in [-0.2, -0.15) is 0 Å². The number of nitrogens with zero attached hydrogens (tertiary/aromatic N) is 1. The first-order valence-corrected chi connectivity index (χ1v) is 9.82. The lowest BCUT2D eigenvalue weighted by Gasteiger charge is -2.31. The van der Waals surface area contributed by atoms with E-state index in [1.54, 1.807) is 6.07 Å². The minimum atomic E-state index is -0.155. The number of phenols is 1. The van der Waals surface area contributed by atoms with Crippen LogP contribution in [0, 0.1) is 6.92 Å². The molecule has 0 fully saturated rings. The standard InChI is InChI=1S/C23H21BrN2O/c1-15-9-11-16(12-10-15)23-25-20(17-5-4-6-18(24)13-17)14-21(26-23)19-7-2-3-8-22(19)27/h2-13,21,23,26-27H,14H2,1H3/t21-,23+/m0/s1. The summed E-state index contributed by atoms with van der Waals surface area (Å²) in [6, 6.07) is 24.2. The minimum Gasteiger partial charge on any atom is -0.508 e. The number of aromatic hydroxyl groups is 1. The molecule has 0 bridgehead atoms. The van der Waals surface area contributed by atoms with E-state index in [0.717, 1.165) is 33.3 Å². The second kappa shape index (κ2) is 7.67. The highest BCUT2D eigenvalue weighted by Gasteiger charge is 2.27. The average molecular weight is 421 g/mol. The van der Waals surface area contributed by atoms with Crippen molar-refractivity contribution < 1.29 is 5.11 Å². The number of benzene rings is 3. The van der Waals surface area contributed by atoms with E-state index in [0.29, 0.717) is 5.75 Å². The van der Waals surface area contributed by atoms with Gasteiger partial charge in [-0.1, -0.05) is 76.1 Å². The van der Waals surface area contributed by atoms with Gasteiger partial charge < -0.3 is 5.11 Å². The van der Waals surface area contributed by atoms with Crippen LogP contribution in [0.1, 0.15) is 40.9 Å². The summed E-state index contributed by atoms with van der Waals surface area (Å²) in [7, 11) is 0. The Morgan fingerprint density at radius 1 is 1.00 bits per heavy atom. The highest BCUT2D eigenvalue weighted by molar-refractivity contribution is 9.10. The molecule has 1 heterocycles. The highest BCUT2D eigenvalue weighted by atomic mass is 79.9. The average Bonchev–Trinajstić information content (AvgIpc) is 2.68. The fourth-order valence-corrected chi connectivity index (χ4v) is 3.85. The molecule has 136 valence electrons. The van der Waals surface area contributed by atoms with Gasteiger partial charge in [0.2, 0.25) is 0 Å². The lowest BCUT2D eigenvalue weighted by Crippen LogP contribution is -2.33. The van der Waals surface area contributed by atoms with E-state index in [4.69, 9.17) is 4.99 Å². The summed E-state index contributed by atoms with van der Waals surface area (Å²) in [6.45, 7) is 2.08. The summed E-state index contributed by atoms with van der Waals surface area (Å²) in [5.74, 6) is 0.313. The van der Waals surface area contributed by atoms with E-state index < -0.39 is 0 Å². The molecule has 0 spiro atoms. The molecule has 2 atom stereocenters. The van der Waals surface area contributed by atoms with Gasteiger partial charge in [0, 0.05) is 28.2 Å². The fourth-order valence-electron chi connectivity index (χ4n) is 3.45. The second-order valence-corrected chi connectivity index (χ2v) is 7.80. The topological polar surface area (TPSA) is 44.6 Å². The smallest absolute Gasteiger partial charge is 0.126 e. The third-order valence-electron chi connectivity index (χ3n) is 4.90. The zero-order valence-electron chi connectivity index (χ0n) is 15.1. The molecule has 0 amide bonds. The van der Waals surface area contributed by atoms with Gasteiger partial charge >= 0.3 is 0 Å². The van der Waals surface area contributed by atoms with Crippen molar-refractivity contribution in [2.24, 2.45) is 4.99 Å².